The van der Waals surface area contributed by atoms with Gasteiger partial charge in [0.2, 0.25) is 5.91 Å². The first-order chi connectivity index (χ1) is 13.0. The molecule has 2 aromatic carbocycles. The molecular formula is C20H22ClN3OS2. The Balaban J connectivity index is 1.60. The fourth-order valence-corrected chi connectivity index (χ4v) is 4.93. The summed E-state index contributed by atoms with van der Waals surface area (Å²) >= 11 is 9.02. The highest BCUT2D eigenvalue weighted by molar-refractivity contribution is 8.01. The van der Waals surface area contributed by atoms with Crippen LogP contribution in [0.25, 0.3) is 10.2 Å². The van der Waals surface area contributed by atoms with Crippen LogP contribution < -0.4 is 10.2 Å². The Morgan fingerprint density at radius 2 is 2.00 bits per heavy atom. The zero-order valence-corrected chi connectivity index (χ0v) is 18.0. The van der Waals surface area contributed by atoms with E-state index in [1.165, 1.54) is 17.4 Å². The number of fused-ring (bicyclic) bond motifs is 1. The van der Waals surface area contributed by atoms with Crippen LogP contribution in [0.4, 0.5) is 11.4 Å². The summed E-state index contributed by atoms with van der Waals surface area (Å²) in [4.78, 5) is 19.1. The number of anilines is 2. The number of nitrogens with zero attached hydrogens (tertiary/aromatic N) is 2. The van der Waals surface area contributed by atoms with Gasteiger partial charge in [0, 0.05) is 29.5 Å². The number of hydrogen-bond acceptors (Lipinski definition) is 5. The molecule has 1 heterocycles. The fraction of sp³-hybridized carbons (Fsp3) is 0.300. The Kier molecular flexibility index (Phi) is 6.63. The first-order valence-corrected chi connectivity index (χ1v) is 11.0. The first-order valence-electron chi connectivity index (χ1n) is 8.84. The van der Waals surface area contributed by atoms with Crippen LogP contribution in [0.2, 0.25) is 5.02 Å². The van der Waals surface area contributed by atoms with Gasteiger partial charge in [0.15, 0.2) is 4.34 Å². The van der Waals surface area contributed by atoms with Gasteiger partial charge in [0.1, 0.15) is 0 Å². The summed E-state index contributed by atoms with van der Waals surface area (Å²) < 4.78 is 1.94. The molecule has 0 saturated carbocycles. The lowest BCUT2D eigenvalue weighted by Gasteiger charge is -2.23. The Hall–Kier alpha value is -1.76. The summed E-state index contributed by atoms with van der Waals surface area (Å²) in [7, 11) is 0. The number of benzene rings is 2. The minimum Gasteiger partial charge on any atom is -0.372 e. The third-order valence-corrected chi connectivity index (χ3v) is 6.66. The van der Waals surface area contributed by atoms with Crippen molar-refractivity contribution < 1.29 is 4.79 Å². The van der Waals surface area contributed by atoms with Crippen molar-refractivity contribution in [2.45, 2.75) is 25.1 Å². The van der Waals surface area contributed by atoms with Crippen molar-refractivity contribution in [1.82, 2.24) is 4.98 Å². The highest BCUT2D eigenvalue weighted by Crippen LogP contribution is 2.31. The van der Waals surface area contributed by atoms with Crippen molar-refractivity contribution in [3.8, 4) is 0 Å². The van der Waals surface area contributed by atoms with E-state index in [4.69, 9.17) is 11.6 Å². The minimum atomic E-state index is -0.0349. The summed E-state index contributed by atoms with van der Waals surface area (Å²) in [6, 6.07) is 11.7. The molecule has 0 radical (unpaired) electrons. The second-order valence-corrected chi connectivity index (χ2v) is 8.79. The molecule has 0 aliphatic heterocycles. The SMILES string of the molecule is CCN(CC)c1ccc(NC(=O)CSc2nc3cc(Cl)ccc3s2)cc1C. The summed E-state index contributed by atoms with van der Waals surface area (Å²) in [6.07, 6.45) is 0. The number of hydrogen-bond donors (Lipinski definition) is 1. The van der Waals surface area contributed by atoms with E-state index < -0.39 is 0 Å². The smallest absolute Gasteiger partial charge is 0.234 e. The van der Waals surface area contributed by atoms with Crippen LogP contribution in [0.3, 0.4) is 0 Å². The van der Waals surface area contributed by atoms with Crippen LogP contribution >= 0.6 is 34.7 Å². The number of carbonyl (C=O) groups is 1. The van der Waals surface area contributed by atoms with Crippen LogP contribution in [-0.2, 0) is 4.79 Å². The lowest BCUT2D eigenvalue weighted by molar-refractivity contribution is -0.113. The molecule has 142 valence electrons. The Morgan fingerprint density at radius 3 is 2.70 bits per heavy atom. The van der Waals surface area contributed by atoms with Crippen LogP contribution in [-0.4, -0.2) is 29.7 Å². The molecule has 0 bridgehead atoms. The van der Waals surface area contributed by atoms with E-state index in [9.17, 15) is 4.79 Å². The standard InChI is InChI=1S/C20H22ClN3OS2/c1-4-24(5-2)17-8-7-15(10-13(17)3)22-19(25)12-26-20-23-16-11-14(21)6-9-18(16)27-20/h6-11H,4-5,12H2,1-3H3,(H,22,25). The van der Waals surface area contributed by atoms with E-state index in [0.29, 0.717) is 10.8 Å². The van der Waals surface area contributed by atoms with Crippen molar-refractivity contribution >= 4 is 62.2 Å². The van der Waals surface area contributed by atoms with Gasteiger partial charge in [0.05, 0.1) is 16.0 Å². The van der Waals surface area contributed by atoms with Gasteiger partial charge in [-0.1, -0.05) is 23.4 Å². The highest BCUT2D eigenvalue weighted by atomic mass is 35.5. The molecule has 0 saturated heterocycles. The molecule has 0 atom stereocenters. The van der Waals surface area contributed by atoms with E-state index >= 15 is 0 Å². The number of thioether (sulfide) groups is 1. The largest absolute Gasteiger partial charge is 0.372 e. The molecule has 0 fully saturated rings. The van der Waals surface area contributed by atoms with E-state index in [1.54, 1.807) is 11.3 Å². The lowest BCUT2D eigenvalue weighted by Crippen LogP contribution is -2.22. The second-order valence-electron chi connectivity index (χ2n) is 6.10. The number of thiazole rings is 1. The molecule has 0 aliphatic rings. The molecule has 0 spiro atoms. The van der Waals surface area contributed by atoms with Gasteiger partial charge < -0.3 is 10.2 Å². The number of carbonyl (C=O) groups excluding carboxylic acids is 1. The minimum absolute atomic E-state index is 0.0349. The number of amides is 1. The molecule has 3 rings (SSSR count). The third kappa shape index (κ3) is 4.94. The summed E-state index contributed by atoms with van der Waals surface area (Å²) in [5.41, 5.74) is 4.07. The van der Waals surface area contributed by atoms with E-state index in [1.807, 2.05) is 30.3 Å². The number of aryl methyl sites for hydroxylation is 1. The van der Waals surface area contributed by atoms with Crippen LogP contribution in [0.1, 0.15) is 19.4 Å². The maximum atomic E-state index is 12.3. The zero-order chi connectivity index (χ0) is 19.4. The van der Waals surface area contributed by atoms with Gasteiger partial charge in [-0.15, -0.1) is 11.3 Å². The molecule has 0 aliphatic carbocycles. The molecule has 1 amide bonds. The topological polar surface area (TPSA) is 45.2 Å². The zero-order valence-electron chi connectivity index (χ0n) is 15.6. The Bertz CT molecular complexity index is 954. The molecule has 7 heteroatoms. The normalized spacial score (nSPS) is 11.0. The second kappa shape index (κ2) is 8.95. The summed E-state index contributed by atoms with van der Waals surface area (Å²) in [6.45, 7) is 8.29. The maximum absolute atomic E-state index is 12.3. The lowest BCUT2D eigenvalue weighted by atomic mass is 10.1. The van der Waals surface area contributed by atoms with E-state index in [2.05, 4.69) is 42.0 Å². The third-order valence-electron chi connectivity index (χ3n) is 4.24. The van der Waals surface area contributed by atoms with Crippen LogP contribution in [0.5, 0.6) is 0 Å². The predicted molar refractivity (Wildman–Crippen MR) is 119 cm³/mol. The fourth-order valence-electron chi connectivity index (χ4n) is 2.92. The van der Waals surface area contributed by atoms with Crippen LogP contribution in [0.15, 0.2) is 40.7 Å². The van der Waals surface area contributed by atoms with Crippen LogP contribution in [0, 0.1) is 6.92 Å². The highest BCUT2D eigenvalue weighted by Gasteiger charge is 2.10. The molecule has 1 aromatic heterocycles. The van der Waals surface area contributed by atoms with E-state index in [0.717, 1.165) is 38.9 Å². The van der Waals surface area contributed by atoms with Crippen molar-refractivity contribution in [3.63, 3.8) is 0 Å². The van der Waals surface area contributed by atoms with Gasteiger partial charge in [-0.05, 0) is 62.7 Å². The van der Waals surface area contributed by atoms with E-state index in [-0.39, 0.29) is 5.91 Å². The Labute approximate surface area is 172 Å². The number of nitrogens with one attached hydrogen (secondary N) is 1. The van der Waals surface area contributed by atoms with Gasteiger partial charge >= 0.3 is 0 Å². The molecular weight excluding hydrogens is 398 g/mol. The number of halogens is 1. The van der Waals surface area contributed by atoms with Crippen molar-refractivity contribution in [1.29, 1.82) is 0 Å². The average Bonchev–Trinajstić information content (AvgIpc) is 3.04. The van der Waals surface area contributed by atoms with Crippen molar-refractivity contribution in [2.24, 2.45) is 0 Å². The summed E-state index contributed by atoms with van der Waals surface area (Å²) in [5, 5.41) is 3.65. The number of rotatable bonds is 7. The average molecular weight is 420 g/mol. The maximum Gasteiger partial charge on any atom is 0.234 e. The molecule has 27 heavy (non-hydrogen) atoms. The summed E-state index contributed by atoms with van der Waals surface area (Å²) in [5.74, 6) is 0.289. The molecule has 4 nitrogen and oxygen atoms in total. The predicted octanol–water partition coefficient (Wildman–Crippen LogP) is 5.84. The van der Waals surface area contributed by atoms with Crippen molar-refractivity contribution in [3.05, 3.63) is 47.0 Å². The van der Waals surface area contributed by atoms with Gasteiger partial charge in [-0.2, -0.15) is 0 Å². The van der Waals surface area contributed by atoms with Gasteiger partial charge in [-0.3, -0.25) is 4.79 Å². The van der Waals surface area contributed by atoms with Gasteiger partial charge in [-0.25, -0.2) is 4.98 Å². The first kappa shape index (κ1) is 20.0. The van der Waals surface area contributed by atoms with Gasteiger partial charge in [0.25, 0.3) is 0 Å². The Morgan fingerprint density at radius 1 is 1.22 bits per heavy atom. The van der Waals surface area contributed by atoms with Crippen molar-refractivity contribution in [2.75, 3.05) is 29.1 Å². The molecule has 0 unspecified atom stereocenters. The monoisotopic (exact) mass is 419 g/mol. The molecule has 1 N–H and O–H groups in total. The quantitative estimate of drug-likeness (QED) is 0.489. The number of aromatic nitrogens is 1. The molecule has 3 aromatic rings.